The average molecular weight is 369 g/mol. The summed E-state index contributed by atoms with van der Waals surface area (Å²) < 4.78 is 39.9. The first-order valence-electron chi connectivity index (χ1n) is 6.87. The van der Waals surface area contributed by atoms with Gasteiger partial charge in [0, 0.05) is 11.8 Å². The van der Waals surface area contributed by atoms with Crippen molar-refractivity contribution in [2.75, 3.05) is 10.6 Å². The number of hydrogen-bond donors (Lipinski definition) is 2. The monoisotopic (exact) mass is 369 g/mol. The lowest BCUT2D eigenvalue weighted by Crippen LogP contribution is -2.29. The van der Waals surface area contributed by atoms with E-state index in [1.807, 2.05) is 0 Å². The molecular weight excluding hydrogens is 359 g/mol. The van der Waals surface area contributed by atoms with Crippen molar-refractivity contribution in [3.05, 3.63) is 58.6 Å². The van der Waals surface area contributed by atoms with E-state index in [1.165, 1.54) is 18.2 Å². The minimum atomic E-state index is -4.85. The number of nitro benzene ring substituents is 1. The van der Waals surface area contributed by atoms with Crippen molar-refractivity contribution in [2.45, 2.75) is 6.36 Å². The van der Waals surface area contributed by atoms with Gasteiger partial charge in [-0.05, 0) is 30.3 Å². The summed E-state index contributed by atoms with van der Waals surface area (Å²) in [5.41, 5.74) is -0.545. The smallest absolute Gasteiger partial charge is 0.406 e. The molecule has 8 nitrogen and oxygen atoms in total. The van der Waals surface area contributed by atoms with Crippen LogP contribution in [0.1, 0.15) is 0 Å². The SMILES string of the molecule is O=C(Nc1ccc(OC(F)(F)F)cc1)C(=O)Nc1ccccc1[N+](=O)[O-]. The molecular formula is C15H10F3N3O5. The number of rotatable bonds is 4. The van der Waals surface area contributed by atoms with Crippen LogP contribution in [0.25, 0.3) is 0 Å². The van der Waals surface area contributed by atoms with Crippen LogP contribution in [0.4, 0.5) is 30.2 Å². The number of amides is 2. The van der Waals surface area contributed by atoms with Gasteiger partial charge in [-0.15, -0.1) is 13.2 Å². The lowest BCUT2D eigenvalue weighted by Gasteiger charge is -2.10. The number of carbonyl (C=O) groups excluding carboxylic acids is 2. The zero-order valence-corrected chi connectivity index (χ0v) is 12.7. The molecule has 0 spiro atoms. The van der Waals surface area contributed by atoms with Crippen LogP contribution in [0.15, 0.2) is 48.5 Å². The third-order valence-corrected chi connectivity index (χ3v) is 2.90. The highest BCUT2D eigenvalue weighted by Crippen LogP contribution is 2.25. The van der Waals surface area contributed by atoms with E-state index in [4.69, 9.17) is 0 Å². The summed E-state index contributed by atoms with van der Waals surface area (Å²) in [5.74, 6) is -2.84. The maximum atomic E-state index is 12.1. The molecule has 136 valence electrons. The Morgan fingerprint density at radius 1 is 0.962 bits per heavy atom. The molecule has 0 aliphatic carbocycles. The molecule has 0 aliphatic heterocycles. The van der Waals surface area contributed by atoms with Crippen LogP contribution in [0.3, 0.4) is 0 Å². The van der Waals surface area contributed by atoms with E-state index in [1.54, 1.807) is 0 Å². The van der Waals surface area contributed by atoms with Crippen molar-refractivity contribution in [2.24, 2.45) is 0 Å². The van der Waals surface area contributed by atoms with Gasteiger partial charge < -0.3 is 15.4 Å². The third kappa shape index (κ3) is 5.19. The summed E-state index contributed by atoms with van der Waals surface area (Å²) in [5, 5.41) is 15.1. The molecule has 0 aromatic heterocycles. The molecule has 2 rings (SSSR count). The van der Waals surface area contributed by atoms with Gasteiger partial charge >= 0.3 is 18.2 Å². The summed E-state index contributed by atoms with van der Waals surface area (Å²) in [6.07, 6.45) is -4.85. The van der Waals surface area contributed by atoms with Crippen molar-refractivity contribution >= 4 is 28.9 Å². The highest BCUT2D eigenvalue weighted by molar-refractivity contribution is 6.43. The van der Waals surface area contributed by atoms with Gasteiger partial charge in [0.05, 0.1) is 4.92 Å². The van der Waals surface area contributed by atoms with Crippen molar-refractivity contribution < 1.29 is 32.4 Å². The van der Waals surface area contributed by atoms with E-state index >= 15 is 0 Å². The van der Waals surface area contributed by atoms with Gasteiger partial charge in [-0.1, -0.05) is 12.1 Å². The Labute approximate surface area is 143 Å². The van der Waals surface area contributed by atoms with Crippen LogP contribution in [-0.4, -0.2) is 23.1 Å². The minimum Gasteiger partial charge on any atom is -0.406 e. The van der Waals surface area contributed by atoms with Crippen molar-refractivity contribution in [3.8, 4) is 5.75 Å². The fraction of sp³-hybridized carbons (Fsp3) is 0.0667. The molecule has 2 aromatic carbocycles. The first-order valence-corrected chi connectivity index (χ1v) is 6.87. The van der Waals surface area contributed by atoms with E-state index in [9.17, 15) is 32.9 Å². The zero-order valence-electron chi connectivity index (χ0n) is 12.7. The highest BCUT2D eigenvalue weighted by atomic mass is 19.4. The second-order valence-electron chi connectivity index (χ2n) is 4.75. The van der Waals surface area contributed by atoms with Crippen LogP contribution in [-0.2, 0) is 9.59 Å². The van der Waals surface area contributed by atoms with Crippen LogP contribution >= 0.6 is 0 Å². The van der Waals surface area contributed by atoms with Gasteiger partial charge in [0.25, 0.3) is 5.69 Å². The molecule has 0 aliphatic rings. The Kier molecular flexibility index (Phi) is 5.40. The maximum absolute atomic E-state index is 12.1. The third-order valence-electron chi connectivity index (χ3n) is 2.90. The first kappa shape index (κ1) is 18.7. The molecule has 0 heterocycles. The maximum Gasteiger partial charge on any atom is 0.573 e. The number of halogens is 3. The Hall–Kier alpha value is -3.63. The summed E-state index contributed by atoms with van der Waals surface area (Å²) >= 11 is 0. The number of para-hydroxylation sites is 2. The summed E-state index contributed by atoms with van der Waals surface area (Å²) in [4.78, 5) is 33.8. The minimum absolute atomic E-state index is 0.0298. The first-order chi connectivity index (χ1) is 12.2. The fourth-order valence-corrected chi connectivity index (χ4v) is 1.85. The predicted molar refractivity (Wildman–Crippen MR) is 83.5 cm³/mol. The number of benzene rings is 2. The zero-order chi connectivity index (χ0) is 19.3. The fourth-order valence-electron chi connectivity index (χ4n) is 1.85. The summed E-state index contributed by atoms with van der Waals surface area (Å²) in [7, 11) is 0. The Morgan fingerprint density at radius 3 is 2.12 bits per heavy atom. The summed E-state index contributed by atoms with van der Waals surface area (Å²) in [6.45, 7) is 0. The van der Waals surface area contributed by atoms with Crippen LogP contribution in [0.5, 0.6) is 5.75 Å². The Morgan fingerprint density at radius 2 is 1.54 bits per heavy atom. The molecule has 11 heteroatoms. The normalized spacial score (nSPS) is 10.7. The van der Waals surface area contributed by atoms with Gasteiger partial charge in [-0.3, -0.25) is 19.7 Å². The second-order valence-corrected chi connectivity index (χ2v) is 4.75. The van der Waals surface area contributed by atoms with Crippen LogP contribution < -0.4 is 15.4 Å². The van der Waals surface area contributed by atoms with Gasteiger partial charge in [0.15, 0.2) is 0 Å². The number of ether oxygens (including phenoxy) is 1. The molecule has 0 saturated heterocycles. The lowest BCUT2D eigenvalue weighted by atomic mass is 10.2. The molecule has 0 bridgehead atoms. The topological polar surface area (TPSA) is 111 Å². The predicted octanol–water partition coefficient (Wildman–Crippen LogP) is 3.07. The molecule has 2 amide bonds. The quantitative estimate of drug-likeness (QED) is 0.489. The molecule has 2 aromatic rings. The van der Waals surface area contributed by atoms with Crippen molar-refractivity contribution in [3.63, 3.8) is 0 Å². The summed E-state index contributed by atoms with van der Waals surface area (Å²) in [6, 6.07) is 9.29. The molecule has 0 unspecified atom stereocenters. The number of hydrogen-bond acceptors (Lipinski definition) is 5. The number of nitrogens with one attached hydrogen (secondary N) is 2. The number of nitrogens with zero attached hydrogens (tertiary/aromatic N) is 1. The van der Waals surface area contributed by atoms with Crippen molar-refractivity contribution in [1.82, 2.24) is 0 Å². The molecule has 0 saturated carbocycles. The second kappa shape index (κ2) is 7.51. The number of carbonyl (C=O) groups is 2. The highest BCUT2D eigenvalue weighted by Gasteiger charge is 2.31. The number of alkyl halides is 3. The molecule has 0 radical (unpaired) electrons. The van der Waals surface area contributed by atoms with E-state index in [-0.39, 0.29) is 11.4 Å². The van der Waals surface area contributed by atoms with Crippen LogP contribution in [0, 0.1) is 10.1 Å². The average Bonchev–Trinajstić information content (AvgIpc) is 2.55. The van der Waals surface area contributed by atoms with Gasteiger partial charge in [0.1, 0.15) is 11.4 Å². The van der Waals surface area contributed by atoms with E-state index in [2.05, 4.69) is 15.4 Å². The van der Waals surface area contributed by atoms with E-state index < -0.39 is 34.5 Å². The largest absolute Gasteiger partial charge is 0.573 e. The standard InChI is InChI=1S/C15H10F3N3O5/c16-15(17,18)26-10-7-5-9(6-8-10)19-13(22)14(23)20-11-3-1-2-4-12(11)21(24)25/h1-8H,(H,19,22)(H,20,23). The molecule has 26 heavy (non-hydrogen) atoms. The Balaban J connectivity index is 2.01. The van der Waals surface area contributed by atoms with Gasteiger partial charge in [0.2, 0.25) is 0 Å². The Bertz CT molecular complexity index is 837. The van der Waals surface area contributed by atoms with E-state index in [0.29, 0.717) is 0 Å². The number of anilines is 2. The molecule has 2 N–H and O–H groups in total. The van der Waals surface area contributed by atoms with E-state index in [0.717, 1.165) is 30.3 Å². The van der Waals surface area contributed by atoms with Gasteiger partial charge in [-0.2, -0.15) is 0 Å². The lowest BCUT2D eigenvalue weighted by molar-refractivity contribution is -0.383. The van der Waals surface area contributed by atoms with Gasteiger partial charge in [-0.25, -0.2) is 0 Å². The molecule has 0 fully saturated rings. The number of nitro groups is 1. The molecule has 0 atom stereocenters. The van der Waals surface area contributed by atoms with Crippen LogP contribution in [0.2, 0.25) is 0 Å². The van der Waals surface area contributed by atoms with Crippen molar-refractivity contribution in [1.29, 1.82) is 0 Å².